The zero-order chi connectivity index (χ0) is 21.6. The van der Waals surface area contributed by atoms with Gasteiger partial charge in [0.1, 0.15) is 17.2 Å². The van der Waals surface area contributed by atoms with E-state index in [1.165, 1.54) is 18.2 Å². The summed E-state index contributed by atoms with van der Waals surface area (Å²) in [4.78, 5) is 24.1. The third-order valence-electron chi connectivity index (χ3n) is 3.67. The van der Waals surface area contributed by atoms with Crippen molar-refractivity contribution in [2.45, 2.75) is 33.3 Å². The van der Waals surface area contributed by atoms with Gasteiger partial charge in [0, 0.05) is 17.3 Å². The van der Waals surface area contributed by atoms with Crippen LogP contribution in [0.25, 0.3) is 6.08 Å². The van der Waals surface area contributed by atoms with E-state index >= 15 is 0 Å². The van der Waals surface area contributed by atoms with Crippen LogP contribution in [0, 0.1) is 12.7 Å². The van der Waals surface area contributed by atoms with Crippen molar-refractivity contribution in [2.75, 3.05) is 17.7 Å². The predicted octanol–water partition coefficient (Wildman–Crippen LogP) is 5.14. The van der Waals surface area contributed by atoms with Gasteiger partial charge >= 0.3 is 6.09 Å². The Morgan fingerprint density at radius 3 is 2.45 bits per heavy atom. The first-order valence-electron chi connectivity index (χ1n) is 9.00. The van der Waals surface area contributed by atoms with Crippen LogP contribution in [0.3, 0.4) is 0 Å². The molecule has 7 heteroatoms. The van der Waals surface area contributed by atoms with Crippen molar-refractivity contribution in [3.63, 3.8) is 0 Å². The standard InChI is InChI=1S/C22H25FN2O4/c1-14-6-10-19(28-5)15(12-14)7-11-20(26)24-16-8-9-17(23)18(13-16)25-21(27)29-22(2,3)4/h6-13H,1-5H3,(H,24,26)(H,25,27). The molecule has 2 aromatic rings. The molecule has 0 atom stereocenters. The maximum Gasteiger partial charge on any atom is 0.412 e. The van der Waals surface area contributed by atoms with Crippen LogP contribution in [0.1, 0.15) is 31.9 Å². The van der Waals surface area contributed by atoms with E-state index in [9.17, 15) is 14.0 Å². The lowest BCUT2D eigenvalue weighted by molar-refractivity contribution is -0.111. The molecule has 0 radical (unpaired) electrons. The number of carbonyl (C=O) groups excluding carboxylic acids is 2. The SMILES string of the molecule is COc1ccc(C)cc1C=CC(=O)Nc1ccc(F)c(NC(=O)OC(C)(C)C)c1. The molecule has 0 saturated heterocycles. The number of rotatable bonds is 5. The molecule has 0 fully saturated rings. The Bertz CT molecular complexity index is 933. The van der Waals surface area contributed by atoms with Crippen molar-refractivity contribution < 1.29 is 23.5 Å². The minimum absolute atomic E-state index is 0.0959. The molecule has 6 nitrogen and oxygen atoms in total. The van der Waals surface area contributed by atoms with E-state index in [-0.39, 0.29) is 5.69 Å². The highest BCUT2D eigenvalue weighted by Gasteiger charge is 2.17. The quantitative estimate of drug-likeness (QED) is 0.681. The number of amides is 2. The predicted molar refractivity (Wildman–Crippen MR) is 112 cm³/mol. The number of nitrogens with one attached hydrogen (secondary N) is 2. The molecular weight excluding hydrogens is 375 g/mol. The molecule has 0 aromatic heterocycles. The summed E-state index contributed by atoms with van der Waals surface area (Å²) in [6, 6.07) is 9.49. The van der Waals surface area contributed by atoms with Crippen LogP contribution in [-0.4, -0.2) is 24.7 Å². The number of aryl methyl sites for hydroxylation is 1. The average Bonchev–Trinajstić information content (AvgIpc) is 2.61. The van der Waals surface area contributed by atoms with Gasteiger partial charge in [0.05, 0.1) is 12.8 Å². The van der Waals surface area contributed by atoms with Gasteiger partial charge < -0.3 is 14.8 Å². The number of halogens is 1. The van der Waals surface area contributed by atoms with Crippen LogP contribution in [0.15, 0.2) is 42.5 Å². The van der Waals surface area contributed by atoms with Gasteiger partial charge in [-0.3, -0.25) is 10.1 Å². The summed E-state index contributed by atoms with van der Waals surface area (Å²) in [7, 11) is 1.56. The van der Waals surface area contributed by atoms with E-state index in [4.69, 9.17) is 9.47 Å². The molecule has 2 N–H and O–H groups in total. The number of hydrogen-bond acceptors (Lipinski definition) is 4. The summed E-state index contributed by atoms with van der Waals surface area (Å²) in [5.74, 6) is -0.414. The molecular formula is C22H25FN2O4. The van der Waals surface area contributed by atoms with Crippen LogP contribution < -0.4 is 15.4 Å². The van der Waals surface area contributed by atoms with Crippen LogP contribution in [0.5, 0.6) is 5.75 Å². The molecule has 2 aromatic carbocycles. The Morgan fingerprint density at radius 2 is 1.79 bits per heavy atom. The molecule has 0 unspecified atom stereocenters. The highest BCUT2D eigenvalue weighted by molar-refractivity contribution is 6.02. The van der Waals surface area contributed by atoms with Gasteiger partial charge in [-0.1, -0.05) is 11.6 Å². The lowest BCUT2D eigenvalue weighted by atomic mass is 10.1. The molecule has 29 heavy (non-hydrogen) atoms. The maximum atomic E-state index is 14.0. The number of hydrogen-bond donors (Lipinski definition) is 2. The summed E-state index contributed by atoms with van der Waals surface area (Å²) in [5, 5.41) is 4.97. The Balaban J connectivity index is 2.09. The van der Waals surface area contributed by atoms with Gasteiger partial charge in [0.25, 0.3) is 0 Å². The zero-order valence-corrected chi connectivity index (χ0v) is 17.1. The second-order valence-corrected chi connectivity index (χ2v) is 7.39. The van der Waals surface area contributed by atoms with Gasteiger partial charge in [0.15, 0.2) is 0 Å². The largest absolute Gasteiger partial charge is 0.496 e. The summed E-state index contributed by atoms with van der Waals surface area (Å²) in [6.45, 7) is 7.05. The Morgan fingerprint density at radius 1 is 1.07 bits per heavy atom. The molecule has 0 aliphatic rings. The molecule has 2 amide bonds. The number of anilines is 2. The first kappa shape index (κ1) is 21.9. The summed E-state index contributed by atoms with van der Waals surface area (Å²) < 4.78 is 24.4. The first-order valence-corrected chi connectivity index (χ1v) is 9.00. The Hall–Kier alpha value is -3.35. The molecule has 0 heterocycles. The topological polar surface area (TPSA) is 76.7 Å². The van der Waals surface area contributed by atoms with Crippen LogP contribution in [0.2, 0.25) is 0 Å². The lowest BCUT2D eigenvalue weighted by Gasteiger charge is -2.20. The Labute approximate surface area is 169 Å². The van der Waals surface area contributed by atoms with Gasteiger partial charge in [0.2, 0.25) is 5.91 Å². The molecule has 0 spiro atoms. The third kappa shape index (κ3) is 6.95. The van der Waals surface area contributed by atoms with Gasteiger partial charge in [-0.2, -0.15) is 0 Å². The summed E-state index contributed by atoms with van der Waals surface area (Å²) in [6.07, 6.45) is 2.19. The molecule has 154 valence electrons. The lowest BCUT2D eigenvalue weighted by Crippen LogP contribution is -2.27. The van der Waals surface area contributed by atoms with E-state index in [1.807, 2.05) is 25.1 Å². The van der Waals surface area contributed by atoms with Crippen molar-refractivity contribution in [3.8, 4) is 5.75 Å². The monoisotopic (exact) mass is 400 g/mol. The number of carbonyl (C=O) groups is 2. The van der Waals surface area contributed by atoms with Crippen LogP contribution in [0.4, 0.5) is 20.6 Å². The maximum absolute atomic E-state index is 14.0. The fourth-order valence-corrected chi connectivity index (χ4v) is 2.45. The third-order valence-corrected chi connectivity index (χ3v) is 3.67. The van der Waals surface area contributed by atoms with Crippen molar-refractivity contribution in [1.29, 1.82) is 0 Å². The number of ether oxygens (including phenoxy) is 2. The highest BCUT2D eigenvalue weighted by Crippen LogP contribution is 2.22. The minimum Gasteiger partial charge on any atom is -0.496 e. The second kappa shape index (κ2) is 9.23. The number of benzene rings is 2. The van der Waals surface area contributed by atoms with Crippen LogP contribution in [-0.2, 0) is 9.53 Å². The van der Waals surface area contributed by atoms with E-state index < -0.39 is 23.4 Å². The van der Waals surface area contributed by atoms with Gasteiger partial charge in [-0.05, 0) is 64.1 Å². The van der Waals surface area contributed by atoms with Gasteiger partial charge in [-0.15, -0.1) is 0 Å². The van der Waals surface area contributed by atoms with Crippen LogP contribution >= 0.6 is 0 Å². The molecule has 0 bridgehead atoms. The average molecular weight is 400 g/mol. The summed E-state index contributed by atoms with van der Waals surface area (Å²) >= 11 is 0. The minimum atomic E-state index is -0.786. The van der Waals surface area contributed by atoms with Crippen molar-refractivity contribution in [1.82, 2.24) is 0 Å². The van der Waals surface area contributed by atoms with E-state index in [1.54, 1.807) is 34.0 Å². The molecule has 0 aliphatic heterocycles. The molecule has 0 saturated carbocycles. The first-order chi connectivity index (χ1) is 13.6. The van der Waals surface area contributed by atoms with Crippen molar-refractivity contribution in [3.05, 3.63) is 59.4 Å². The smallest absolute Gasteiger partial charge is 0.412 e. The Kier molecular flexibility index (Phi) is 6.98. The number of methoxy groups -OCH3 is 1. The molecule has 2 rings (SSSR count). The van der Waals surface area contributed by atoms with E-state index in [0.29, 0.717) is 11.4 Å². The van der Waals surface area contributed by atoms with E-state index in [0.717, 1.165) is 17.2 Å². The highest BCUT2D eigenvalue weighted by atomic mass is 19.1. The normalized spacial score (nSPS) is 11.2. The fourth-order valence-electron chi connectivity index (χ4n) is 2.45. The van der Waals surface area contributed by atoms with E-state index in [2.05, 4.69) is 10.6 Å². The van der Waals surface area contributed by atoms with Crippen molar-refractivity contribution >= 4 is 29.5 Å². The summed E-state index contributed by atoms with van der Waals surface area (Å²) in [5.41, 5.74) is 1.30. The zero-order valence-electron chi connectivity index (χ0n) is 17.1. The molecule has 0 aliphatic carbocycles. The van der Waals surface area contributed by atoms with Crippen molar-refractivity contribution in [2.24, 2.45) is 0 Å². The second-order valence-electron chi connectivity index (χ2n) is 7.39. The van der Waals surface area contributed by atoms with Gasteiger partial charge in [-0.25, -0.2) is 9.18 Å². The fraction of sp³-hybridized carbons (Fsp3) is 0.273.